The first-order valence-corrected chi connectivity index (χ1v) is 7.52. The topological polar surface area (TPSA) is 55.1 Å². The Kier molecular flexibility index (Phi) is 4.18. The molecule has 1 heterocycles. The molecule has 0 aliphatic rings. The van der Waals surface area contributed by atoms with E-state index in [0.717, 1.165) is 21.3 Å². The second kappa shape index (κ2) is 5.56. The van der Waals surface area contributed by atoms with Crippen molar-refractivity contribution in [3.63, 3.8) is 0 Å². The Morgan fingerprint density at radius 3 is 2.50 bits per heavy atom. The highest BCUT2D eigenvalue weighted by Crippen LogP contribution is 2.31. The number of aliphatic carboxylic acids is 1. The smallest absolute Gasteiger partial charge is 0.306 e. The standard InChI is InChI=1S/C15H19BrN2O2/c1-8(2)18-13-6-5-11(16)7-12(13)17-14(18)9(3)10(4)15(19)20/h5-10H,1-4H3,(H,19,20). The van der Waals surface area contributed by atoms with Gasteiger partial charge in [0.2, 0.25) is 0 Å². The van der Waals surface area contributed by atoms with Crippen molar-refractivity contribution in [1.29, 1.82) is 0 Å². The minimum Gasteiger partial charge on any atom is -0.481 e. The van der Waals surface area contributed by atoms with E-state index in [0.29, 0.717) is 0 Å². The van der Waals surface area contributed by atoms with Gasteiger partial charge in [-0.3, -0.25) is 4.79 Å². The quantitative estimate of drug-likeness (QED) is 0.908. The van der Waals surface area contributed by atoms with E-state index >= 15 is 0 Å². The third kappa shape index (κ3) is 2.59. The van der Waals surface area contributed by atoms with Crippen molar-refractivity contribution in [2.45, 2.75) is 39.7 Å². The number of fused-ring (bicyclic) bond motifs is 1. The summed E-state index contributed by atoms with van der Waals surface area (Å²) in [6, 6.07) is 6.21. The van der Waals surface area contributed by atoms with Crippen LogP contribution in [0.1, 0.15) is 45.5 Å². The Hall–Kier alpha value is -1.36. The fraction of sp³-hybridized carbons (Fsp3) is 0.467. The van der Waals surface area contributed by atoms with Gasteiger partial charge in [-0.25, -0.2) is 4.98 Å². The zero-order valence-electron chi connectivity index (χ0n) is 12.1. The molecule has 0 amide bonds. The Labute approximate surface area is 126 Å². The van der Waals surface area contributed by atoms with Crippen molar-refractivity contribution in [3.05, 3.63) is 28.5 Å². The highest BCUT2D eigenvalue weighted by atomic mass is 79.9. The van der Waals surface area contributed by atoms with Crippen LogP contribution in [0.5, 0.6) is 0 Å². The van der Waals surface area contributed by atoms with Gasteiger partial charge in [-0.2, -0.15) is 0 Å². The molecule has 2 aromatic rings. The van der Waals surface area contributed by atoms with Crippen LogP contribution in [0.4, 0.5) is 0 Å². The molecule has 0 aliphatic carbocycles. The molecular weight excluding hydrogens is 320 g/mol. The molecule has 2 unspecified atom stereocenters. The maximum atomic E-state index is 11.2. The molecule has 1 N–H and O–H groups in total. The average molecular weight is 339 g/mol. The Morgan fingerprint density at radius 2 is 1.95 bits per heavy atom. The molecule has 1 aromatic carbocycles. The SMILES string of the molecule is CC(C(=O)O)C(C)c1nc2cc(Br)ccc2n1C(C)C. The summed E-state index contributed by atoms with van der Waals surface area (Å²) in [4.78, 5) is 15.9. The van der Waals surface area contributed by atoms with Crippen LogP contribution < -0.4 is 0 Å². The molecule has 0 aliphatic heterocycles. The summed E-state index contributed by atoms with van der Waals surface area (Å²) in [6.45, 7) is 7.83. The van der Waals surface area contributed by atoms with Gasteiger partial charge in [-0.05, 0) is 32.0 Å². The molecule has 1 aromatic heterocycles. The van der Waals surface area contributed by atoms with E-state index in [9.17, 15) is 9.90 Å². The third-order valence-electron chi connectivity index (χ3n) is 3.74. The first-order valence-electron chi connectivity index (χ1n) is 6.73. The molecule has 4 nitrogen and oxygen atoms in total. The fourth-order valence-electron chi connectivity index (χ4n) is 2.39. The predicted octanol–water partition coefficient (Wildman–Crippen LogP) is 4.20. The number of hydrogen-bond acceptors (Lipinski definition) is 2. The molecule has 0 saturated carbocycles. The van der Waals surface area contributed by atoms with Gasteiger partial charge in [0.1, 0.15) is 5.82 Å². The van der Waals surface area contributed by atoms with E-state index < -0.39 is 11.9 Å². The number of rotatable bonds is 4. The summed E-state index contributed by atoms with van der Waals surface area (Å²) in [5, 5.41) is 9.22. The molecule has 108 valence electrons. The van der Waals surface area contributed by atoms with Crippen LogP contribution in [0.2, 0.25) is 0 Å². The van der Waals surface area contributed by atoms with E-state index in [2.05, 4.69) is 39.3 Å². The van der Waals surface area contributed by atoms with Gasteiger partial charge in [0.05, 0.1) is 17.0 Å². The van der Waals surface area contributed by atoms with Gasteiger partial charge in [0.25, 0.3) is 0 Å². The zero-order chi connectivity index (χ0) is 15.0. The minimum atomic E-state index is -0.791. The van der Waals surface area contributed by atoms with Crippen LogP contribution in [0.25, 0.3) is 11.0 Å². The Morgan fingerprint density at radius 1 is 1.30 bits per heavy atom. The van der Waals surface area contributed by atoms with Gasteiger partial charge in [-0.1, -0.05) is 29.8 Å². The van der Waals surface area contributed by atoms with Crippen LogP contribution >= 0.6 is 15.9 Å². The van der Waals surface area contributed by atoms with Crippen molar-refractivity contribution in [2.75, 3.05) is 0 Å². The average Bonchev–Trinajstić information content (AvgIpc) is 2.74. The van der Waals surface area contributed by atoms with Gasteiger partial charge < -0.3 is 9.67 Å². The Bertz CT molecular complexity index is 649. The number of imidazole rings is 1. The monoisotopic (exact) mass is 338 g/mol. The van der Waals surface area contributed by atoms with E-state index in [1.807, 2.05) is 25.1 Å². The second-order valence-electron chi connectivity index (χ2n) is 5.48. The number of hydrogen-bond donors (Lipinski definition) is 1. The largest absolute Gasteiger partial charge is 0.481 e. The lowest BCUT2D eigenvalue weighted by atomic mass is 9.95. The van der Waals surface area contributed by atoms with Crippen LogP contribution in [0, 0.1) is 5.92 Å². The van der Waals surface area contributed by atoms with Crippen molar-refractivity contribution < 1.29 is 9.90 Å². The van der Waals surface area contributed by atoms with Gasteiger partial charge in [0.15, 0.2) is 0 Å². The molecule has 2 atom stereocenters. The lowest BCUT2D eigenvalue weighted by Crippen LogP contribution is -2.20. The molecule has 0 radical (unpaired) electrons. The maximum absolute atomic E-state index is 11.2. The fourth-order valence-corrected chi connectivity index (χ4v) is 2.74. The molecule has 0 fully saturated rings. The van der Waals surface area contributed by atoms with Gasteiger partial charge >= 0.3 is 5.97 Å². The number of aromatic nitrogens is 2. The lowest BCUT2D eigenvalue weighted by Gasteiger charge is -2.20. The van der Waals surface area contributed by atoms with Crippen molar-refractivity contribution in [3.8, 4) is 0 Å². The van der Waals surface area contributed by atoms with E-state index in [4.69, 9.17) is 0 Å². The molecule has 20 heavy (non-hydrogen) atoms. The van der Waals surface area contributed by atoms with Crippen LogP contribution in [0.15, 0.2) is 22.7 Å². The van der Waals surface area contributed by atoms with Gasteiger partial charge in [0, 0.05) is 16.4 Å². The normalized spacial score (nSPS) is 14.7. The lowest BCUT2D eigenvalue weighted by molar-refractivity contribution is -0.141. The highest BCUT2D eigenvalue weighted by molar-refractivity contribution is 9.10. The van der Waals surface area contributed by atoms with Gasteiger partial charge in [-0.15, -0.1) is 0 Å². The summed E-state index contributed by atoms with van der Waals surface area (Å²) >= 11 is 3.45. The number of nitrogens with zero attached hydrogens (tertiary/aromatic N) is 2. The minimum absolute atomic E-state index is 0.138. The maximum Gasteiger partial charge on any atom is 0.306 e. The molecule has 5 heteroatoms. The summed E-state index contributed by atoms with van der Waals surface area (Å²) in [6.07, 6.45) is 0. The molecule has 2 rings (SSSR count). The van der Waals surface area contributed by atoms with Crippen molar-refractivity contribution in [1.82, 2.24) is 9.55 Å². The Balaban J connectivity index is 2.63. The number of carboxylic acid groups (broad SMARTS) is 1. The number of benzene rings is 1. The molecule has 0 bridgehead atoms. The summed E-state index contributed by atoms with van der Waals surface area (Å²) in [5.41, 5.74) is 1.94. The van der Waals surface area contributed by atoms with E-state index in [1.165, 1.54) is 0 Å². The molecular formula is C15H19BrN2O2. The summed E-state index contributed by atoms with van der Waals surface area (Å²) in [7, 11) is 0. The molecule has 0 spiro atoms. The van der Waals surface area contributed by atoms with Crippen molar-refractivity contribution in [2.24, 2.45) is 5.92 Å². The van der Waals surface area contributed by atoms with E-state index in [-0.39, 0.29) is 12.0 Å². The second-order valence-corrected chi connectivity index (χ2v) is 6.40. The summed E-state index contributed by atoms with van der Waals surface area (Å²) < 4.78 is 3.11. The van der Waals surface area contributed by atoms with Crippen LogP contribution in [0.3, 0.4) is 0 Å². The third-order valence-corrected chi connectivity index (χ3v) is 4.24. The zero-order valence-corrected chi connectivity index (χ0v) is 13.7. The van der Waals surface area contributed by atoms with Crippen LogP contribution in [-0.4, -0.2) is 20.6 Å². The number of halogens is 1. The molecule has 0 saturated heterocycles. The summed E-state index contributed by atoms with van der Waals surface area (Å²) in [5.74, 6) is -0.558. The van der Waals surface area contributed by atoms with Crippen molar-refractivity contribution >= 4 is 32.9 Å². The van der Waals surface area contributed by atoms with E-state index in [1.54, 1.807) is 6.92 Å². The van der Waals surface area contributed by atoms with Crippen LogP contribution in [-0.2, 0) is 4.79 Å². The number of carbonyl (C=O) groups is 1. The first kappa shape index (κ1) is 15.0. The highest BCUT2D eigenvalue weighted by Gasteiger charge is 2.27. The predicted molar refractivity (Wildman–Crippen MR) is 83.0 cm³/mol. The first-order chi connectivity index (χ1) is 9.32. The number of carboxylic acids is 1.